The molecule has 152 valence electrons. The first-order valence-corrected chi connectivity index (χ1v) is 7.07. The van der Waals surface area contributed by atoms with E-state index in [0.717, 1.165) is 0 Å². The third kappa shape index (κ3) is 6.14. The van der Waals surface area contributed by atoms with Gasteiger partial charge in [0, 0.05) is 0 Å². The zero-order valence-corrected chi connectivity index (χ0v) is 14.9. The first-order chi connectivity index (χ1) is 11.9. The van der Waals surface area contributed by atoms with E-state index in [0.29, 0.717) is 0 Å². The van der Waals surface area contributed by atoms with Crippen molar-refractivity contribution in [1.29, 1.82) is 0 Å². The van der Waals surface area contributed by atoms with Crippen molar-refractivity contribution in [2.24, 2.45) is 0 Å². The Kier molecular flexibility index (Phi) is 10.5. The Hall–Kier alpha value is -0.694. The van der Waals surface area contributed by atoms with Crippen LogP contribution in [0.5, 0.6) is 0 Å². The second kappa shape index (κ2) is 10.7. The molecule has 0 aromatic carbocycles. The maximum Gasteiger partial charge on any atom is 2.00 e. The first-order valence-electron chi connectivity index (χ1n) is 7.07. The van der Waals surface area contributed by atoms with Crippen LogP contribution in [0, 0.1) is 0 Å². The molecule has 0 spiro atoms. The SMILES string of the molecule is O=C([O-])[C@@H]1O[C@@H](O)[C@@H](O)[C@@H](O)[C@@H]1O.O=C([O-])[C@@H]1O[C@@H](O)[C@@H](O)[C@@H](O)[C@@H]1O.[Mg+2]. The van der Waals surface area contributed by atoms with E-state index in [-0.39, 0.29) is 23.1 Å². The van der Waals surface area contributed by atoms with Crippen LogP contribution >= 0.6 is 0 Å². The molecule has 2 heterocycles. The van der Waals surface area contributed by atoms with Gasteiger partial charge in [-0.2, -0.15) is 0 Å². The Morgan fingerprint density at radius 3 is 1.04 bits per heavy atom. The molecular weight excluding hydrogens is 392 g/mol. The predicted molar refractivity (Wildman–Crippen MR) is 73.6 cm³/mol. The quantitative estimate of drug-likeness (QED) is 0.196. The van der Waals surface area contributed by atoms with Gasteiger partial charge in [0.15, 0.2) is 12.6 Å². The van der Waals surface area contributed by atoms with Crippen molar-refractivity contribution in [3.8, 4) is 0 Å². The Morgan fingerprint density at radius 2 is 0.815 bits per heavy atom. The molecule has 14 nitrogen and oxygen atoms in total. The molecule has 0 aliphatic carbocycles. The van der Waals surface area contributed by atoms with Gasteiger partial charge in [-0.1, -0.05) is 0 Å². The average molecular weight is 411 g/mol. The van der Waals surface area contributed by atoms with Crippen LogP contribution in [-0.4, -0.2) is 137 Å². The monoisotopic (exact) mass is 410 g/mol. The Balaban J connectivity index is 0.000000483. The molecule has 10 atom stereocenters. The maximum atomic E-state index is 10.3. The number of ether oxygens (including phenoxy) is 2. The number of carbonyl (C=O) groups is 2. The summed E-state index contributed by atoms with van der Waals surface area (Å²) in [4.78, 5) is 20.5. The van der Waals surface area contributed by atoms with E-state index in [1.807, 2.05) is 0 Å². The second-order valence-electron chi connectivity index (χ2n) is 5.48. The van der Waals surface area contributed by atoms with Crippen molar-refractivity contribution in [3.63, 3.8) is 0 Å². The van der Waals surface area contributed by atoms with Crippen molar-refractivity contribution >= 4 is 35.0 Å². The van der Waals surface area contributed by atoms with E-state index >= 15 is 0 Å². The molecule has 2 saturated heterocycles. The van der Waals surface area contributed by atoms with Gasteiger partial charge in [0.1, 0.15) is 48.8 Å². The average Bonchev–Trinajstić information content (AvgIpc) is 2.57. The number of carbonyl (C=O) groups excluding carboxylic acids is 2. The van der Waals surface area contributed by atoms with Gasteiger partial charge in [0.25, 0.3) is 0 Å². The molecule has 0 unspecified atom stereocenters. The Labute approximate surface area is 167 Å². The zero-order valence-electron chi connectivity index (χ0n) is 13.5. The van der Waals surface area contributed by atoms with Crippen LogP contribution < -0.4 is 10.2 Å². The summed E-state index contributed by atoms with van der Waals surface area (Å²) >= 11 is 0. The minimum absolute atomic E-state index is 0. The molecule has 0 bridgehead atoms. The molecule has 27 heavy (non-hydrogen) atoms. The number of carboxylic acid groups (broad SMARTS) is 2. The van der Waals surface area contributed by atoms with E-state index in [2.05, 4.69) is 9.47 Å². The van der Waals surface area contributed by atoms with Crippen molar-refractivity contribution in [1.82, 2.24) is 0 Å². The van der Waals surface area contributed by atoms with E-state index in [1.165, 1.54) is 0 Å². The molecule has 0 radical (unpaired) electrons. The summed E-state index contributed by atoms with van der Waals surface area (Å²) < 4.78 is 8.55. The fourth-order valence-corrected chi connectivity index (χ4v) is 2.11. The minimum Gasteiger partial charge on any atom is -0.547 e. The summed E-state index contributed by atoms with van der Waals surface area (Å²) in [5.41, 5.74) is 0. The number of aliphatic hydroxyl groups excluding tert-OH is 8. The van der Waals surface area contributed by atoms with Crippen molar-refractivity contribution in [2.45, 2.75) is 61.4 Å². The van der Waals surface area contributed by atoms with Gasteiger partial charge in [-0.25, -0.2) is 0 Å². The van der Waals surface area contributed by atoms with Gasteiger partial charge < -0.3 is 70.1 Å². The van der Waals surface area contributed by atoms with Crippen LogP contribution in [0.25, 0.3) is 0 Å². The summed E-state index contributed by atoms with van der Waals surface area (Å²) in [7, 11) is 0. The normalized spacial score (nSPS) is 44.3. The number of hydrogen-bond donors (Lipinski definition) is 8. The molecule has 2 fully saturated rings. The van der Waals surface area contributed by atoms with Gasteiger partial charge in [-0.05, 0) is 0 Å². The topological polar surface area (TPSA) is 261 Å². The molecule has 0 aromatic heterocycles. The van der Waals surface area contributed by atoms with Gasteiger partial charge in [-0.3, -0.25) is 0 Å². The van der Waals surface area contributed by atoms with E-state index in [9.17, 15) is 19.8 Å². The Morgan fingerprint density at radius 1 is 0.556 bits per heavy atom. The third-order valence-electron chi connectivity index (χ3n) is 3.64. The molecule has 15 heteroatoms. The molecule has 2 rings (SSSR count). The molecule has 2 aliphatic heterocycles. The number of hydrogen-bond acceptors (Lipinski definition) is 14. The summed E-state index contributed by atoms with van der Waals surface area (Å²) in [5.74, 6) is -3.53. The third-order valence-corrected chi connectivity index (χ3v) is 3.64. The number of aliphatic carboxylic acids is 2. The van der Waals surface area contributed by atoms with Gasteiger partial charge in [0.2, 0.25) is 0 Å². The Bertz CT molecular complexity index is 460. The summed E-state index contributed by atoms with van der Waals surface area (Å²) in [6.07, 6.45) is -18.0. The number of carboxylic acids is 2. The van der Waals surface area contributed by atoms with Crippen molar-refractivity contribution < 1.29 is 70.1 Å². The largest absolute Gasteiger partial charge is 2.00 e. The standard InChI is InChI=1S/2C6H10O7.Mg/c2*7-1-2(8)4(5(10)11)13-6(12)3(1)9;/h2*1-4,6-9,12H,(H,10,11);/q;;+2/p-2/t2*1-,2-,3-,4+,6+;/m00./s1. The zero-order chi connectivity index (χ0) is 20.3. The molecule has 0 aromatic rings. The minimum atomic E-state index is -1.85. The molecule has 8 N–H and O–H groups in total. The van der Waals surface area contributed by atoms with E-state index in [4.69, 9.17) is 40.9 Å². The van der Waals surface area contributed by atoms with Crippen LogP contribution in [-0.2, 0) is 19.1 Å². The summed E-state index contributed by atoms with van der Waals surface area (Å²) in [6.45, 7) is 0. The van der Waals surface area contributed by atoms with Crippen LogP contribution in [0.4, 0.5) is 0 Å². The molecular formula is C12H18MgO14. The van der Waals surface area contributed by atoms with Gasteiger partial charge >= 0.3 is 23.1 Å². The second-order valence-corrected chi connectivity index (χ2v) is 5.48. The predicted octanol–water partition coefficient (Wildman–Crippen LogP) is -9.31. The van der Waals surface area contributed by atoms with Gasteiger partial charge in [0.05, 0.1) is 11.9 Å². The maximum absolute atomic E-state index is 10.3. The smallest absolute Gasteiger partial charge is 0.547 e. The van der Waals surface area contributed by atoms with Crippen LogP contribution in [0.2, 0.25) is 0 Å². The van der Waals surface area contributed by atoms with Crippen molar-refractivity contribution in [2.75, 3.05) is 0 Å². The van der Waals surface area contributed by atoms with Crippen LogP contribution in [0.3, 0.4) is 0 Å². The molecule has 0 saturated carbocycles. The first kappa shape index (κ1) is 26.3. The molecule has 0 amide bonds. The fourth-order valence-electron chi connectivity index (χ4n) is 2.11. The van der Waals surface area contributed by atoms with Gasteiger partial charge in [-0.15, -0.1) is 0 Å². The van der Waals surface area contributed by atoms with E-state index in [1.54, 1.807) is 0 Å². The van der Waals surface area contributed by atoms with Crippen LogP contribution in [0.15, 0.2) is 0 Å². The fraction of sp³-hybridized carbons (Fsp3) is 0.833. The summed E-state index contributed by atoms with van der Waals surface area (Å²) in [6, 6.07) is 0. The van der Waals surface area contributed by atoms with Crippen molar-refractivity contribution in [3.05, 3.63) is 0 Å². The number of rotatable bonds is 2. The summed E-state index contributed by atoms with van der Waals surface area (Å²) in [5, 5.41) is 92.1. The molecule has 2 aliphatic rings. The van der Waals surface area contributed by atoms with E-state index < -0.39 is 73.4 Å². The number of aliphatic hydroxyl groups is 8. The van der Waals surface area contributed by atoms with Crippen LogP contribution in [0.1, 0.15) is 0 Å².